The molecule has 0 fully saturated rings. The Morgan fingerprint density at radius 3 is 2.80 bits per heavy atom. The number of rotatable bonds is 6. The van der Waals surface area contributed by atoms with E-state index < -0.39 is 4.92 Å². The maximum atomic E-state index is 11.4. The SMILES string of the molecule is COc1cc([N+](=O)[O-])ccc1N/C=C(/C=O)c1nc2ccccc2o1. The molecule has 0 aliphatic carbocycles. The van der Waals surface area contributed by atoms with Crippen LogP contribution in [0.15, 0.2) is 53.1 Å². The molecule has 1 heterocycles. The quantitative estimate of drug-likeness (QED) is 0.317. The summed E-state index contributed by atoms with van der Waals surface area (Å²) < 4.78 is 10.7. The van der Waals surface area contributed by atoms with Gasteiger partial charge in [-0.05, 0) is 18.2 Å². The fourth-order valence-electron chi connectivity index (χ4n) is 2.21. The summed E-state index contributed by atoms with van der Waals surface area (Å²) in [5.74, 6) is 0.442. The number of nitrogens with zero attached hydrogens (tertiary/aromatic N) is 2. The molecule has 8 nitrogen and oxygen atoms in total. The zero-order chi connectivity index (χ0) is 17.8. The van der Waals surface area contributed by atoms with E-state index in [1.807, 2.05) is 12.1 Å². The average molecular weight is 339 g/mol. The molecule has 0 aliphatic rings. The number of aromatic nitrogens is 1. The van der Waals surface area contributed by atoms with Gasteiger partial charge in [0.1, 0.15) is 11.3 Å². The van der Waals surface area contributed by atoms with Crippen molar-refractivity contribution >= 4 is 34.3 Å². The van der Waals surface area contributed by atoms with Crippen molar-refractivity contribution in [3.05, 3.63) is 64.7 Å². The predicted molar refractivity (Wildman–Crippen MR) is 91.3 cm³/mol. The number of benzene rings is 2. The zero-order valence-electron chi connectivity index (χ0n) is 13.1. The monoisotopic (exact) mass is 339 g/mol. The Morgan fingerprint density at radius 2 is 2.12 bits per heavy atom. The highest BCUT2D eigenvalue weighted by atomic mass is 16.6. The Labute approximate surface area is 141 Å². The van der Waals surface area contributed by atoms with Gasteiger partial charge in [-0.2, -0.15) is 0 Å². The van der Waals surface area contributed by atoms with Gasteiger partial charge in [-0.25, -0.2) is 4.98 Å². The van der Waals surface area contributed by atoms with Crippen LogP contribution in [0.5, 0.6) is 5.75 Å². The van der Waals surface area contributed by atoms with Gasteiger partial charge in [-0.3, -0.25) is 14.9 Å². The lowest BCUT2D eigenvalue weighted by Crippen LogP contribution is -1.97. The van der Waals surface area contributed by atoms with E-state index in [1.54, 1.807) is 12.1 Å². The lowest BCUT2D eigenvalue weighted by molar-refractivity contribution is -0.384. The second-order valence-electron chi connectivity index (χ2n) is 4.99. The van der Waals surface area contributed by atoms with E-state index in [0.717, 1.165) is 0 Å². The van der Waals surface area contributed by atoms with E-state index in [-0.39, 0.29) is 22.9 Å². The third kappa shape index (κ3) is 3.32. The topological polar surface area (TPSA) is 108 Å². The van der Waals surface area contributed by atoms with E-state index in [0.29, 0.717) is 23.1 Å². The van der Waals surface area contributed by atoms with Crippen molar-refractivity contribution in [1.82, 2.24) is 4.98 Å². The lowest BCUT2D eigenvalue weighted by atomic mass is 10.2. The molecule has 0 saturated carbocycles. The van der Waals surface area contributed by atoms with Crippen molar-refractivity contribution in [2.45, 2.75) is 0 Å². The number of aldehydes is 1. The number of hydrogen-bond donors (Lipinski definition) is 1. The first-order valence-electron chi connectivity index (χ1n) is 7.22. The Balaban J connectivity index is 1.91. The van der Waals surface area contributed by atoms with Crippen LogP contribution in [0.25, 0.3) is 16.7 Å². The van der Waals surface area contributed by atoms with Crippen LogP contribution < -0.4 is 10.1 Å². The molecule has 3 rings (SSSR count). The summed E-state index contributed by atoms with van der Waals surface area (Å²) in [6, 6.07) is 11.3. The summed E-state index contributed by atoms with van der Waals surface area (Å²) in [6.07, 6.45) is 2.01. The number of carbonyl (C=O) groups excluding carboxylic acids is 1. The number of hydrogen-bond acceptors (Lipinski definition) is 7. The van der Waals surface area contributed by atoms with E-state index in [4.69, 9.17) is 9.15 Å². The van der Waals surface area contributed by atoms with Gasteiger partial charge in [0.2, 0.25) is 5.89 Å². The Hall–Kier alpha value is -3.68. The first-order chi connectivity index (χ1) is 12.1. The first kappa shape index (κ1) is 16.2. The molecular formula is C17H13N3O5. The number of nitro benzene ring substituents is 1. The fourth-order valence-corrected chi connectivity index (χ4v) is 2.21. The van der Waals surface area contributed by atoms with Crippen molar-refractivity contribution < 1.29 is 18.9 Å². The second kappa shape index (κ2) is 6.83. The van der Waals surface area contributed by atoms with Crippen molar-refractivity contribution in [1.29, 1.82) is 0 Å². The summed E-state index contributed by atoms with van der Waals surface area (Å²) in [5.41, 5.74) is 1.76. The van der Waals surface area contributed by atoms with Crippen molar-refractivity contribution in [3.63, 3.8) is 0 Å². The highest BCUT2D eigenvalue weighted by Gasteiger charge is 2.13. The molecule has 0 atom stereocenters. The van der Waals surface area contributed by atoms with Gasteiger partial charge in [0.25, 0.3) is 5.69 Å². The molecule has 0 aliphatic heterocycles. The molecule has 0 bridgehead atoms. The zero-order valence-corrected chi connectivity index (χ0v) is 13.1. The van der Waals surface area contributed by atoms with Crippen molar-refractivity contribution in [2.75, 3.05) is 12.4 Å². The smallest absolute Gasteiger partial charge is 0.273 e. The fraction of sp³-hybridized carbons (Fsp3) is 0.0588. The minimum atomic E-state index is -0.517. The van der Waals surface area contributed by atoms with Crippen LogP contribution in [0.4, 0.5) is 11.4 Å². The molecule has 0 spiro atoms. The molecule has 0 unspecified atom stereocenters. The Morgan fingerprint density at radius 1 is 1.32 bits per heavy atom. The molecule has 8 heteroatoms. The largest absolute Gasteiger partial charge is 0.494 e. The number of ether oxygens (including phenoxy) is 1. The van der Waals surface area contributed by atoms with E-state index in [1.165, 1.54) is 31.5 Å². The number of non-ortho nitro benzene ring substituents is 1. The van der Waals surface area contributed by atoms with Gasteiger partial charge < -0.3 is 14.5 Å². The third-order valence-corrected chi connectivity index (χ3v) is 3.45. The van der Waals surface area contributed by atoms with Crippen LogP contribution in [0.2, 0.25) is 0 Å². The predicted octanol–water partition coefficient (Wildman–Crippen LogP) is 3.40. The van der Waals surface area contributed by atoms with Gasteiger partial charge >= 0.3 is 0 Å². The standard InChI is InChI=1S/C17H13N3O5/c1-24-16-8-12(20(22)23)6-7-13(16)18-9-11(10-21)17-19-14-4-2-3-5-15(14)25-17/h2-10,18H,1H3/b11-9-. The number of methoxy groups -OCH3 is 1. The maximum Gasteiger partial charge on any atom is 0.273 e. The molecule has 2 aromatic carbocycles. The van der Waals surface area contributed by atoms with Crippen LogP contribution in [-0.4, -0.2) is 23.3 Å². The Kier molecular flexibility index (Phi) is 4.42. The molecule has 0 radical (unpaired) electrons. The van der Waals surface area contributed by atoms with E-state index in [2.05, 4.69) is 10.3 Å². The summed E-state index contributed by atoms with van der Waals surface area (Å²) in [7, 11) is 1.40. The van der Waals surface area contributed by atoms with Gasteiger partial charge in [0, 0.05) is 12.3 Å². The highest BCUT2D eigenvalue weighted by molar-refractivity contribution is 6.06. The van der Waals surface area contributed by atoms with Gasteiger partial charge in [-0.1, -0.05) is 12.1 Å². The van der Waals surface area contributed by atoms with Crippen LogP contribution in [0.1, 0.15) is 5.89 Å². The van der Waals surface area contributed by atoms with Crippen molar-refractivity contribution in [2.24, 2.45) is 0 Å². The molecule has 1 N–H and O–H groups in total. The molecular weight excluding hydrogens is 326 g/mol. The summed E-state index contributed by atoms with van der Waals surface area (Å²) >= 11 is 0. The molecule has 126 valence electrons. The number of fused-ring (bicyclic) bond motifs is 1. The molecule has 1 aromatic heterocycles. The summed E-state index contributed by atoms with van der Waals surface area (Å²) in [6.45, 7) is 0. The number of oxazole rings is 1. The summed E-state index contributed by atoms with van der Waals surface area (Å²) in [5, 5.41) is 13.7. The number of allylic oxidation sites excluding steroid dienone is 1. The van der Waals surface area contributed by atoms with Gasteiger partial charge in [0.15, 0.2) is 11.9 Å². The number of nitro groups is 1. The minimum Gasteiger partial charge on any atom is -0.494 e. The third-order valence-electron chi connectivity index (χ3n) is 3.45. The molecule has 0 amide bonds. The normalized spacial score (nSPS) is 11.3. The first-order valence-corrected chi connectivity index (χ1v) is 7.22. The van der Waals surface area contributed by atoms with Crippen LogP contribution in [0.3, 0.4) is 0 Å². The second-order valence-corrected chi connectivity index (χ2v) is 4.99. The lowest BCUT2D eigenvalue weighted by Gasteiger charge is -2.08. The average Bonchev–Trinajstić information content (AvgIpc) is 3.06. The number of para-hydroxylation sites is 2. The van der Waals surface area contributed by atoms with Gasteiger partial charge in [-0.15, -0.1) is 0 Å². The molecule has 25 heavy (non-hydrogen) atoms. The van der Waals surface area contributed by atoms with Crippen LogP contribution in [-0.2, 0) is 4.79 Å². The van der Waals surface area contributed by atoms with Crippen LogP contribution in [0, 0.1) is 10.1 Å². The Bertz CT molecular complexity index is 944. The molecule has 0 saturated heterocycles. The van der Waals surface area contributed by atoms with Gasteiger partial charge in [0.05, 0.1) is 29.4 Å². The van der Waals surface area contributed by atoms with Crippen LogP contribution >= 0.6 is 0 Å². The van der Waals surface area contributed by atoms with Crippen molar-refractivity contribution in [3.8, 4) is 5.75 Å². The maximum absolute atomic E-state index is 11.4. The molecule has 3 aromatic rings. The minimum absolute atomic E-state index is 0.0964. The summed E-state index contributed by atoms with van der Waals surface area (Å²) in [4.78, 5) is 25.9. The highest BCUT2D eigenvalue weighted by Crippen LogP contribution is 2.29. The number of anilines is 1. The number of nitrogens with one attached hydrogen (secondary N) is 1. The van der Waals surface area contributed by atoms with E-state index in [9.17, 15) is 14.9 Å². The van der Waals surface area contributed by atoms with E-state index >= 15 is 0 Å². The number of carbonyl (C=O) groups is 1.